The van der Waals surface area contributed by atoms with E-state index in [1.165, 1.54) is 0 Å². The average Bonchev–Trinajstić information content (AvgIpc) is 2.63. The Morgan fingerprint density at radius 2 is 2.20 bits per heavy atom. The van der Waals surface area contributed by atoms with Crippen molar-refractivity contribution in [3.8, 4) is 0 Å². The van der Waals surface area contributed by atoms with Crippen LogP contribution >= 0.6 is 0 Å². The molecule has 1 fully saturated rings. The van der Waals surface area contributed by atoms with Gasteiger partial charge in [-0.1, -0.05) is 27.2 Å². The number of nitrogens with one attached hydrogen (secondary N) is 1. The lowest BCUT2D eigenvalue weighted by molar-refractivity contribution is -0.135. The van der Waals surface area contributed by atoms with E-state index in [0.29, 0.717) is 17.7 Å². The van der Waals surface area contributed by atoms with Gasteiger partial charge < -0.3 is 10.2 Å². The molecule has 88 valence electrons. The molecule has 3 heteroatoms. The van der Waals surface area contributed by atoms with Crippen LogP contribution in [0.1, 0.15) is 27.2 Å². The molecule has 0 bridgehead atoms. The molecule has 1 aliphatic rings. The van der Waals surface area contributed by atoms with Gasteiger partial charge in [0.25, 0.3) is 0 Å². The van der Waals surface area contributed by atoms with E-state index in [-0.39, 0.29) is 5.92 Å². The molecule has 1 rings (SSSR count). The minimum Gasteiger partial charge on any atom is -0.345 e. The van der Waals surface area contributed by atoms with E-state index in [4.69, 9.17) is 0 Å². The van der Waals surface area contributed by atoms with Crippen LogP contribution in [0, 0.1) is 17.8 Å². The molecule has 1 amide bonds. The van der Waals surface area contributed by atoms with Crippen LogP contribution in [0.15, 0.2) is 0 Å². The molecule has 0 aliphatic carbocycles. The summed E-state index contributed by atoms with van der Waals surface area (Å²) in [5, 5.41) is 3.28. The van der Waals surface area contributed by atoms with E-state index in [2.05, 4.69) is 26.1 Å². The molecule has 15 heavy (non-hydrogen) atoms. The molecule has 0 aromatic carbocycles. The summed E-state index contributed by atoms with van der Waals surface area (Å²) in [6.45, 7) is 9.24. The summed E-state index contributed by atoms with van der Waals surface area (Å²) in [5.74, 6) is 1.59. The lowest BCUT2D eigenvalue weighted by atomic mass is 9.96. The Morgan fingerprint density at radius 1 is 1.53 bits per heavy atom. The zero-order valence-corrected chi connectivity index (χ0v) is 10.4. The molecule has 1 aliphatic heterocycles. The van der Waals surface area contributed by atoms with Gasteiger partial charge in [0.05, 0.1) is 5.92 Å². The van der Waals surface area contributed by atoms with Crippen LogP contribution in [0.4, 0.5) is 0 Å². The van der Waals surface area contributed by atoms with Crippen molar-refractivity contribution >= 4 is 5.91 Å². The fourth-order valence-electron chi connectivity index (χ4n) is 2.11. The number of rotatable bonds is 4. The average molecular weight is 212 g/mol. The molecule has 1 heterocycles. The van der Waals surface area contributed by atoms with E-state index in [0.717, 1.165) is 26.1 Å². The second-order valence-corrected chi connectivity index (χ2v) is 4.97. The molecule has 3 nitrogen and oxygen atoms in total. The quantitative estimate of drug-likeness (QED) is 0.763. The zero-order chi connectivity index (χ0) is 11.4. The molecular weight excluding hydrogens is 188 g/mol. The minimum absolute atomic E-state index is 0.194. The number of nitrogens with zero attached hydrogens (tertiary/aromatic N) is 1. The first kappa shape index (κ1) is 12.5. The van der Waals surface area contributed by atoms with E-state index in [1.54, 1.807) is 0 Å². The third kappa shape index (κ3) is 3.20. The number of hydrogen-bond acceptors (Lipinski definition) is 2. The Labute approximate surface area is 93.2 Å². The fourth-order valence-corrected chi connectivity index (χ4v) is 2.11. The van der Waals surface area contributed by atoms with Crippen LogP contribution < -0.4 is 5.32 Å². The molecule has 0 aromatic rings. The predicted molar refractivity (Wildman–Crippen MR) is 62.6 cm³/mol. The van der Waals surface area contributed by atoms with Crippen molar-refractivity contribution in [2.45, 2.75) is 27.2 Å². The Balaban J connectivity index is 2.45. The number of hydrogen-bond donors (Lipinski definition) is 1. The van der Waals surface area contributed by atoms with Crippen molar-refractivity contribution in [1.82, 2.24) is 10.2 Å². The van der Waals surface area contributed by atoms with Crippen molar-refractivity contribution in [3.63, 3.8) is 0 Å². The van der Waals surface area contributed by atoms with Gasteiger partial charge in [0.1, 0.15) is 0 Å². The van der Waals surface area contributed by atoms with E-state index < -0.39 is 0 Å². The summed E-state index contributed by atoms with van der Waals surface area (Å²) in [4.78, 5) is 14.0. The monoisotopic (exact) mass is 212 g/mol. The highest BCUT2D eigenvalue weighted by Crippen LogP contribution is 2.18. The summed E-state index contributed by atoms with van der Waals surface area (Å²) in [6.07, 6.45) is 1.14. The lowest BCUT2D eigenvalue weighted by Crippen LogP contribution is -2.38. The van der Waals surface area contributed by atoms with Crippen molar-refractivity contribution in [3.05, 3.63) is 0 Å². The van der Waals surface area contributed by atoms with E-state index >= 15 is 0 Å². The third-order valence-electron chi connectivity index (χ3n) is 3.49. The highest BCUT2D eigenvalue weighted by Gasteiger charge is 2.31. The molecular formula is C12H24N2O. The Bertz CT molecular complexity index is 218. The molecule has 0 aromatic heterocycles. The third-order valence-corrected chi connectivity index (χ3v) is 3.49. The summed E-state index contributed by atoms with van der Waals surface area (Å²) in [5.41, 5.74) is 0. The van der Waals surface area contributed by atoms with E-state index in [9.17, 15) is 4.79 Å². The summed E-state index contributed by atoms with van der Waals surface area (Å²) >= 11 is 0. The van der Waals surface area contributed by atoms with Crippen LogP contribution in [0.5, 0.6) is 0 Å². The smallest absolute Gasteiger partial charge is 0.227 e. The zero-order valence-electron chi connectivity index (χ0n) is 10.4. The number of carbonyl (C=O) groups excluding carboxylic acids is 1. The minimum atomic E-state index is 0.194. The molecule has 1 saturated heterocycles. The first-order chi connectivity index (χ1) is 7.06. The van der Waals surface area contributed by atoms with Gasteiger partial charge in [-0.05, 0) is 18.4 Å². The lowest BCUT2D eigenvalue weighted by Gasteiger charge is -2.25. The highest BCUT2D eigenvalue weighted by molar-refractivity contribution is 5.79. The molecule has 0 radical (unpaired) electrons. The van der Waals surface area contributed by atoms with Gasteiger partial charge in [0.2, 0.25) is 5.91 Å². The fraction of sp³-hybridized carbons (Fsp3) is 0.917. The highest BCUT2D eigenvalue weighted by atomic mass is 16.2. The Hall–Kier alpha value is -0.570. The summed E-state index contributed by atoms with van der Waals surface area (Å²) in [6, 6.07) is 0. The van der Waals surface area contributed by atoms with Crippen LogP contribution in [0.25, 0.3) is 0 Å². The molecule has 0 saturated carbocycles. The maximum Gasteiger partial charge on any atom is 0.227 e. The van der Waals surface area contributed by atoms with Crippen LogP contribution in [-0.4, -0.2) is 37.5 Å². The first-order valence-corrected chi connectivity index (χ1v) is 6.02. The topological polar surface area (TPSA) is 32.3 Å². The van der Waals surface area contributed by atoms with Crippen molar-refractivity contribution < 1.29 is 4.79 Å². The standard InChI is InChI=1S/C12H24N2O/c1-5-9(2)8-14(4)12(15)11-7-13-6-10(11)3/h9-11,13H,5-8H2,1-4H3. The molecule has 3 unspecified atom stereocenters. The SMILES string of the molecule is CCC(C)CN(C)C(=O)C1CNCC1C. The second kappa shape index (κ2) is 5.50. The Kier molecular flexibility index (Phi) is 4.58. The van der Waals surface area contributed by atoms with Crippen LogP contribution in [0.3, 0.4) is 0 Å². The molecule has 1 N–H and O–H groups in total. The molecule has 3 atom stereocenters. The maximum absolute atomic E-state index is 12.1. The van der Waals surface area contributed by atoms with Crippen LogP contribution in [0.2, 0.25) is 0 Å². The van der Waals surface area contributed by atoms with Crippen molar-refractivity contribution in [2.75, 3.05) is 26.7 Å². The normalized spacial score (nSPS) is 27.7. The van der Waals surface area contributed by atoms with Gasteiger partial charge in [-0.3, -0.25) is 4.79 Å². The summed E-state index contributed by atoms with van der Waals surface area (Å²) in [7, 11) is 1.93. The largest absolute Gasteiger partial charge is 0.345 e. The Morgan fingerprint density at radius 3 is 2.67 bits per heavy atom. The van der Waals surface area contributed by atoms with Gasteiger partial charge in [-0.15, -0.1) is 0 Å². The van der Waals surface area contributed by atoms with Gasteiger partial charge in [0.15, 0.2) is 0 Å². The van der Waals surface area contributed by atoms with Gasteiger partial charge in [-0.25, -0.2) is 0 Å². The van der Waals surface area contributed by atoms with Crippen molar-refractivity contribution in [1.29, 1.82) is 0 Å². The van der Waals surface area contributed by atoms with Crippen molar-refractivity contribution in [2.24, 2.45) is 17.8 Å². The predicted octanol–water partition coefficient (Wildman–Crippen LogP) is 1.35. The van der Waals surface area contributed by atoms with Gasteiger partial charge in [0, 0.05) is 20.1 Å². The van der Waals surface area contributed by atoms with Gasteiger partial charge in [-0.2, -0.15) is 0 Å². The molecule has 0 spiro atoms. The van der Waals surface area contributed by atoms with Crippen LogP contribution in [-0.2, 0) is 4.79 Å². The number of carbonyl (C=O) groups is 1. The maximum atomic E-state index is 12.1. The van der Waals surface area contributed by atoms with Gasteiger partial charge >= 0.3 is 0 Å². The first-order valence-electron chi connectivity index (χ1n) is 6.02. The number of amides is 1. The summed E-state index contributed by atoms with van der Waals surface area (Å²) < 4.78 is 0. The second-order valence-electron chi connectivity index (χ2n) is 4.97. The van der Waals surface area contributed by atoms with E-state index in [1.807, 2.05) is 11.9 Å².